The lowest BCUT2D eigenvalue weighted by atomic mass is 10.4. The molecule has 0 radical (unpaired) electrons. The maximum absolute atomic E-state index is 11.6. The summed E-state index contributed by atoms with van der Waals surface area (Å²) in [6, 6.07) is 0. The molecule has 13 heavy (non-hydrogen) atoms. The van der Waals surface area contributed by atoms with Gasteiger partial charge in [0.2, 0.25) is 0 Å². The van der Waals surface area contributed by atoms with Crippen LogP contribution in [0.3, 0.4) is 0 Å². The molecule has 0 saturated heterocycles. The van der Waals surface area contributed by atoms with Gasteiger partial charge in [0.15, 0.2) is 5.52 Å². The van der Waals surface area contributed by atoms with Gasteiger partial charge in [-0.05, 0) is 6.92 Å². The van der Waals surface area contributed by atoms with Crippen molar-refractivity contribution in [2.24, 2.45) is 0 Å². The van der Waals surface area contributed by atoms with Crippen LogP contribution >= 0.6 is 22.9 Å². The molecule has 2 aromatic heterocycles. The fourth-order valence-electron chi connectivity index (χ4n) is 1.03. The van der Waals surface area contributed by atoms with Crippen molar-refractivity contribution in [3.8, 4) is 0 Å². The van der Waals surface area contributed by atoms with Gasteiger partial charge in [0.05, 0.1) is 29.1 Å². The van der Waals surface area contributed by atoms with E-state index in [-0.39, 0.29) is 5.56 Å². The van der Waals surface area contributed by atoms with E-state index < -0.39 is 0 Å². The predicted octanol–water partition coefficient (Wildman–Crippen LogP) is 0.693. The number of nitrogens with zero attached hydrogens (tertiary/aromatic N) is 4. The maximum Gasteiger partial charge on any atom is 0.289 e. The molecule has 2 heterocycles. The van der Waals surface area contributed by atoms with Crippen molar-refractivity contribution in [1.82, 2.24) is 17.7 Å². The molecular weight excluding hydrogens is 283 g/mol. The highest BCUT2D eigenvalue weighted by Gasteiger charge is 2.05. The molecule has 0 aromatic carbocycles. The topological polar surface area (TPSA) is 60.7 Å². The second kappa shape index (κ2) is 3.02. The Morgan fingerprint density at radius 3 is 3.08 bits per heavy atom. The molecule has 0 bridgehead atoms. The molecule has 0 aliphatic rings. The van der Waals surface area contributed by atoms with Gasteiger partial charge < -0.3 is 0 Å². The molecule has 6 heteroatoms. The fraction of sp³-hybridized carbons (Fsp3) is 0.143. The van der Waals surface area contributed by atoms with Gasteiger partial charge in [0.1, 0.15) is 17.7 Å². The lowest BCUT2D eigenvalue weighted by Crippen LogP contribution is -2.17. The second-order valence-corrected chi connectivity index (χ2v) is 3.47. The third-order valence-electron chi connectivity index (χ3n) is 1.64. The highest BCUT2D eigenvalue weighted by Crippen LogP contribution is 2.04. The summed E-state index contributed by atoms with van der Waals surface area (Å²) in [5.74, 6) is 0.646. The monoisotopic (exact) mass is 288 g/mol. The van der Waals surface area contributed by atoms with Gasteiger partial charge >= 0.3 is 0 Å². The first kappa shape index (κ1) is 8.54. The highest BCUT2D eigenvalue weighted by atomic mass is 127. The Labute approximate surface area is 87.3 Å². The van der Waals surface area contributed by atoms with E-state index in [2.05, 4.69) is 15.0 Å². The van der Waals surface area contributed by atoms with E-state index in [0.29, 0.717) is 16.9 Å². The Hall–Kier alpha value is -1.05. The van der Waals surface area contributed by atoms with Gasteiger partial charge in [-0.2, -0.15) is 0 Å². The Balaban J connectivity index is 3.03. The molecule has 0 saturated carbocycles. The van der Waals surface area contributed by atoms with Gasteiger partial charge in [-0.15, -0.1) is 0 Å². The van der Waals surface area contributed by atoms with E-state index in [0.717, 1.165) is 0 Å². The Morgan fingerprint density at radius 1 is 1.54 bits per heavy atom. The van der Waals surface area contributed by atoms with Crippen molar-refractivity contribution in [2.45, 2.75) is 6.92 Å². The zero-order valence-corrected chi connectivity index (χ0v) is 8.89. The molecule has 0 aliphatic heterocycles. The zero-order valence-electron chi connectivity index (χ0n) is 6.73. The molecule has 0 fully saturated rings. The SMILES string of the molecule is Cc1nc2cncnc2c(=O)n1I. The minimum absolute atomic E-state index is 0.148. The summed E-state index contributed by atoms with van der Waals surface area (Å²) in [6.45, 7) is 1.76. The van der Waals surface area contributed by atoms with E-state index in [1.165, 1.54) is 15.3 Å². The minimum Gasteiger partial charge on any atom is -0.266 e. The van der Waals surface area contributed by atoms with E-state index >= 15 is 0 Å². The summed E-state index contributed by atoms with van der Waals surface area (Å²) in [7, 11) is 0. The molecule has 0 spiro atoms. The molecular formula is C7H5IN4O. The summed E-state index contributed by atoms with van der Waals surface area (Å²) in [4.78, 5) is 23.4. The van der Waals surface area contributed by atoms with Crippen LogP contribution in [0.5, 0.6) is 0 Å². The minimum atomic E-state index is -0.148. The van der Waals surface area contributed by atoms with E-state index in [1.807, 2.05) is 22.9 Å². The van der Waals surface area contributed by atoms with Gasteiger partial charge in [-0.1, -0.05) is 0 Å². The van der Waals surface area contributed by atoms with Crippen molar-refractivity contribution in [3.05, 3.63) is 28.7 Å². The van der Waals surface area contributed by atoms with Crippen LogP contribution in [0.4, 0.5) is 0 Å². The molecule has 66 valence electrons. The summed E-state index contributed by atoms with van der Waals surface area (Å²) < 4.78 is 1.44. The number of aromatic nitrogens is 4. The zero-order chi connectivity index (χ0) is 9.42. The smallest absolute Gasteiger partial charge is 0.266 e. The maximum atomic E-state index is 11.6. The van der Waals surface area contributed by atoms with Gasteiger partial charge in [0.25, 0.3) is 5.56 Å². The molecule has 5 nitrogen and oxygen atoms in total. The van der Waals surface area contributed by atoms with Crippen LogP contribution in [0, 0.1) is 6.92 Å². The Morgan fingerprint density at radius 2 is 2.31 bits per heavy atom. The summed E-state index contributed by atoms with van der Waals surface area (Å²) >= 11 is 1.90. The Kier molecular flexibility index (Phi) is 1.98. The van der Waals surface area contributed by atoms with Crippen LogP contribution in [-0.4, -0.2) is 17.7 Å². The third kappa shape index (κ3) is 1.30. The van der Waals surface area contributed by atoms with Crippen LogP contribution in [-0.2, 0) is 0 Å². The molecule has 0 aliphatic carbocycles. The van der Waals surface area contributed by atoms with Crippen molar-refractivity contribution in [2.75, 3.05) is 0 Å². The van der Waals surface area contributed by atoms with Crippen molar-refractivity contribution in [1.29, 1.82) is 0 Å². The molecule has 0 atom stereocenters. The largest absolute Gasteiger partial charge is 0.289 e. The van der Waals surface area contributed by atoms with Gasteiger partial charge in [0, 0.05) is 0 Å². The lowest BCUT2D eigenvalue weighted by molar-refractivity contribution is 1.01. The lowest BCUT2D eigenvalue weighted by Gasteiger charge is -2.00. The van der Waals surface area contributed by atoms with Crippen molar-refractivity contribution in [3.63, 3.8) is 0 Å². The first-order valence-electron chi connectivity index (χ1n) is 3.55. The highest BCUT2D eigenvalue weighted by molar-refractivity contribution is 14.1. The molecule has 2 rings (SSSR count). The van der Waals surface area contributed by atoms with Gasteiger partial charge in [-0.25, -0.2) is 17.7 Å². The first-order chi connectivity index (χ1) is 6.20. The average molecular weight is 288 g/mol. The Bertz CT molecular complexity index is 521. The quantitative estimate of drug-likeness (QED) is 0.669. The number of rotatable bonds is 0. The van der Waals surface area contributed by atoms with Gasteiger partial charge in [-0.3, -0.25) is 4.79 Å². The molecule has 2 aromatic rings. The fourth-order valence-corrected chi connectivity index (χ4v) is 1.36. The summed E-state index contributed by atoms with van der Waals surface area (Å²) in [5.41, 5.74) is 0.749. The molecule has 0 amide bonds. The van der Waals surface area contributed by atoms with Crippen molar-refractivity contribution >= 4 is 33.9 Å². The van der Waals surface area contributed by atoms with Crippen LogP contribution in [0.15, 0.2) is 17.3 Å². The molecule has 0 N–H and O–H groups in total. The van der Waals surface area contributed by atoms with Crippen LogP contribution < -0.4 is 5.56 Å². The summed E-state index contributed by atoms with van der Waals surface area (Å²) in [5, 5.41) is 0. The summed E-state index contributed by atoms with van der Waals surface area (Å²) in [6.07, 6.45) is 2.88. The predicted molar refractivity (Wildman–Crippen MR) is 55.7 cm³/mol. The van der Waals surface area contributed by atoms with E-state index in [1.54, 1.807) is 6.92 Å². The number of aryl methyl sites for hydroxylation is 1. The molecule has 0 unspecified atom stereocenters. The van der Waals surface area contributed by atoms with E-state index in [4.69, 9.17) is 0 Å². The van der Waals surface area contributed by atoms with Crippen molar-refractivity contribution < 1.29 is 0 Å². The second-order valence-electron chi connectivity index (χ2n) is 2.50. The number of fused-ring (bicyclic) bond motifs is 1. The number of hydrogen-bond acceptors (Lipinski definition) is 4. The van der Waals surface area contributed by atoms with Crippen LogP contribution in [0.1, 0.15) is 5.82 Å². The normalized spacial score (nSPS) is 10.6. The third-order valence-corrected chi connectivity index (χ3v) is 2.78. The first-order valence-corrected chi connectivity index (χ1v) is 4.52. The number of hydrogen-bond donors (Lipinski definition) is 0. The number of halogens is 1. The standard InChI is InChI=1S/C7H5IN4O/c1-4-11-5-2-9-3-10-6(5)7(13)12(4)8/h2-3H,1H3. The van der Waals surface area contributed by atoms with Crippen LogP contribution in [0.2, 0.25) is 0 Å². The average Bonchev–Trinajstić information content (AvgIpc) is 2.15. The van der Waals surface area contributed by atoms with E-state index in [9.17, 15) is 4.79 Å². The van der Waals surface area contributed by atoms with Crippen LogP contribution in [0.25, 0.3) is 11.0 Å².